The molecule has 0 unspecified atom stereocenters. The molecule has 144 valence electrons. The van der Waals surface area contributed by atoms with Gasteiger partial charge in [0.1, 0.15) is 0 Å². The maximum atomic E-state index is 4.40. The molecule has 4 rings (SSSR count). The van der Waals surface area contributed by atoms with E-state index < -0.39 is 0 Å². The predicted octanol–water partition coefficient (Wildman–Crippen LogP) is 6.97. The normalized spacial score (nSPS) is 13.6. The highest BCUT2D eigenvalue weighted by Crippen LogP contribution is 2.34. The lowest BCUT2D eigenvalue weighted by molar-refractivity contribution is 0.433. The highest BCUT2D eigenvalue weighted by molar-refractivity contribution is 5.76. The number of para-hydroxylation sites is 2. The van der Waals surface area contributed by atoms with Gasteiger partial charge in [-0.15, -0.1) is 0 Å². The SMILES string of the molecule is CCN1C=CC(N=Nc2ccc(N(c3ccccc3)c3ccccc3)cc2)=CC1. The molecule has 0 amide bonds. The van der Waals surface area contributed by atoms with Crippen molar-refractivity contribution in [1.82, 2.24) is 4.90 Å². The Bertz CT molecular complexity index is 966. The fraction of sp³-hybridized carbons (Fsp3) is 0.120. The van der Waals surface area contributed by atoms with Crippen molar-refractivity contribution < 1.29 is 0 Å². The fourth-order valence-corrected chi connectivity index (χ4v) is 3.22. The molecule has 1 aliphatic rings. The van der Waals surface area contributed by atoms with Crippen molar-refractivity contribution in [3.8, 4) is 0 Å². The van der Waals surface area contributed by atoms with Crippen LogP contribution in [0.25, 0.3) is 0 Å². The van der Waals surface area contributed by atoms with Crippen LogP contribution < -0.4 is 4.90 Å². The predicted molar refractivity (Wildman–Crippen MR) is 120 cm³/mol. The summed E-state index contributed by atoms with van der Waals surface area (Å²) in [5.41, 5.74) is 5.05. The lowest BCUT2D eigenvalue weighted by atomic mass is 10.2. The number of anilines is 3. The molecule has 0 radical (unpaired) electrons. The molecule has 0 aliphatic carbocycles. The van der Waals surface area contributed by atoms with Gasteiger partial charge in [0.15, 0.2) is 0 Å². The molecule has 4 nitrogen and oxygen atoms in total. The highest BCUT2D eigenvalue weighted by Gasteiger charge is 2.11. The minimum Gasteiger partial charge on any atom is -0.374 e. The number of likely N-dealkylation sites (N-methyl/N-ethyl adjacent to an activating group) is 1. The number of hydrogen-bond donors (Lipinski definition) is 0. The van der Waals surface area contributed by atoms with Gasteiger partial charge in [0.25, 0.3) is 0 Å². The molecule has 0 spiro atoms. The number of rotatable bonds is 6. The van der Waals surface area contributed by atoms with E-state index in [4.69, 9.17) is 0 Å². The Labute approximate surface area is 172 Å². The molecule has 3 aromatic rings. The Hall–Kier alpha value is -3.66. The van der Waals surface area contributed by atoms with E-state index in [-0.39, 0.29) is 0 Å². The van der Waals surface area contributed by atoms with E-state index in [1.165, 1.54) is 0 Å². The topological polar surface area (TPSA) is 31.2 Å². The van der Waals surface area contributed by atoms with Crippen LogP contribution in [0.15, 0.2) is 119 Å². The second-order valence-electron chi connectivity index (χ2n) is 6.76. The summed E-state index contributed by atoms with van der Waals surface area (Å²) in [6, 6.07) is 28.9. The van der Waals surface area contributed by atoms with Crippen LogP contribution in [0.4, 0.5) is 22.7 Å². The molecule has 0 saturated carbocycles. The van der Waals surface area contributed by atoms with Gasteiger partial charge in [0, 0.05) is 36.4 Å². The molecule has 3 aromatic carbocycles. The first-order valence-corrected chi connectivity index (χ1v) is 9.88. The number of allylic oxidation sites excluding steroid dienone is 1. The maximum Gasteiger partial charge on any atom is 0.0858 e. The van der Waals surface area contributed by atoms with Gasteiger partial charge in [-0.25, -0.2) is 0 Å². The number of azo groups is 1. The number of hydrogen-bond acceptors (Lipinski definition) is 4. The second kappa shape index (κ2) is 9.02. The van der Waals surface area contributed by atoms with Crippen molar-refractivity contribution in [3.05, 3.63) is 109 Å². The minimum absolute atomic E-state index is 0.835. The van der Waals surface area contributed by atoms with Crippen molar-refractivity contribution in [2.45, 2.75) is 6.92 Å². The summed E-state index contributed by atoms with van der Waals surface area (Å²) in [5.74, 6) is 0. The van der Waals surface area contributed by atoms with Gasteiger partial charge in [0.05, 0.1) is 11.4 Å². The summed E-state index contributed by atoms with van der Waals surface area (Å²) in [6.45, 7) is 4.02. The summed E-state index contributed by atoms with van der Waals surface area (Å²) in [6.07, 6.45) is 6.15. The first-order valence-electron chi connectivity index (χ1n) is 9.88. The van der Waals surface area contributed by atoms with Crippen molar-refractivity contribution in [2.24, 2.45) is 10.2 Å². The molecule has 0 aromatic heterocycles. The molecule has 0 bridgehead atoms. The average molecular weight is 380 g/mol. The van der Waals surface area contributed by atoms with E-state index in [9.17, 15) is 0 Å². The standard InChI is InChI=1S/C25H24N4/c1-2-28-19-17-22(18-20-28)27-26-21-13-15-25(16-14-21)29(23-9-5-3-6-10-23)24-11-7-4-8-12-24/h3-19H,2,20H2,1H3. The van der Waals surface area contributed by atoms with Crippen LogP contribution in [0.1, 0.15) is 6.92 Å². The van der Waals surface area contributed by atoms with Crippen LogP contribution >= 0.6 is 0 Å². The maximum absolute atomic E-state index is 4.40. The Morgan fingerprint density at radius 3 is 1.86 bits per heavy atom. The van der Waals surface area contributed by atoms with Crippen LogP contribution in [0.3, 0.4) is 0 Å². The summed E-state index contributed by atoms with van der Waals surface area (Å²) in [4.78, 5) is 4.45. The lowest BCUT2D eigenvalue weighted by Crippen LogP contribution is -2.18. The molecule has 1 aliphatic heterocycles. The Morgan fingerprint density at radius 1 is 0.759 bits per heavy atom. The summed E-state index contributed by atoms with van der Waals surface area (Å²) < 4.78 is 0. The lowest BCUT2D eigenvalue weighted by Gasteiger charge is -2.25. The summed E-state index contributed by atoms with van der Waals surface area (Å²) in [7, 11) is 0. The van der Waals surface area contributed by atoms with E-state index in [1.807, 2.05) is 30.3 Å². The second-order valence-corrected chi connectivity index (χ2v) is 6.76. The molecule has 1 heterocycles. The van der Waals surface area contributed by atoms with E-state index in [1.54, 1.807) is 0 Å². The third kappa shape index (κ3) is 4.61. The quantitative estimate of drug-likeness (QED) is 0.432. The Balaban J connectivity index is 1.56. The van der Waals surface area contributed by atoms with Crippen molar-refractivity contribution in [2.75, 3.05) is 18.0 Å². The third-order valence-electron chi connectivity index (χ3n) is 4.81. The van der Waals surface area contributed by atoms with Crippen molar-refractivity contribution in [3.63, 3.8) is 0 Å². The molecule has 4 heteroatoms. The van der Waals surface area contributed by atoms with E-state index >= 15 is 0 Å². The van der Waals surface area contributed by atoms with Crippen LogP contribution in [0.5, 0.6) is 0 Å². The third-order valence-corrected chi connectivity index (χ3v) is 4.81. The van der Waals surface area contributed by atoms with Gasteiger partial charge in [-0.05, 0) is 67.6 Å². The molecule has 0 fully saturated rings. The molecular weight excluding hydrogens is 356 g/mol. The van der Waals surface area contributed by atoms with Gasteiger partial charge in [-0.2, -0.15) is 10.2 Å². The van der Waals surface area contributed by atoms with Crippen LogP contribution in [0, 0.1) is 0 Å². The van der Waals surface area contributed by atoms with Gasteiger partial charge < -0.3 is 9.80 Å². The Morgan fingerprint density at radius 2 is 1.34 bits per heavy atom. The van der Waals surface area contributed by atoms with E-state index in [0.29, 0.717) is 0 Å². The first-order chi connectivity index (χ1) is 14.3. The largest absolute Gasteiger partial charge is 0.374 e. The number of benzene rings is 3. The summed E-state index contributed by atoms with van der Waals surface area (Å²) >= 11 is 0. The average Bonchev–Trinajstić information content (AvgIpc) is 2.80. The molecule has 29 heavy (non-hydrogen) atoms. The highest BCUT2D eigenvalue weighted by atomic mass is 15.1. The van der Waals surface area contributed by atoms with Gasteiger partial charge >= 0.3 is 0 Å². The molecule has 0 N–H and O–H groups in total. The van der Waals surface area contributed by atoms with Crippen molar-refractivity contribution >= 4 is 22.7 Å². The van der Waals surface area contributed by atoms with Crippen LogP contribution in [-0.4, -0.2) is 18.0 Å². The van der Waals surface area contributed by atoms with E-state index in [2.05, 4.69) is 99.9 Å². The zero-order valence-corrected chi connectivity index (χ0v) is 16.5. The monoisotopic (exact) mass is 380 g/mol. The van der Waals surface area contributed by atoms with Gasteiger partial charge in [0.2, 0.25) is 0 Å². The zero-order chi connectivity index (χ0) is 19.9. The first kappa shape index (κ1) is 18.7. The smallest absolute Gasteiger partial charge is 0.0858 e. The van der Waals surface area contributed by atoms with Crippen LogP contribution in [0.2, 0.25) is 0 Å². The molecular formula is C25H24N4. The van der Waals surface area contributed by atoms with Gasteiger partial charge in [-0.1, -0.05) is 36.4 Å². The van der Waals surface area contributed by atoms with Crippen molar-refractivity contribution in [1.29, 1.82) is 0 Å². The van der Waals surface area contributed by atoms with Crippen LogP contribution in [-0.2, 0) is 0 Å². The zero-order valence-electron chi connectivity index (χ0n) is 16.5. The Kier molecular flexibility index (Phi) is 5.81. The minimum atomic E-state index is 0.835. The molecule has 0 saturated heterocycles. The van der Waals surface area contributed by atoms with Gasteiger partial charge in [-0.3, -0.25) is 0 Å². The van der Waals surface area contributed by atoms with E-state index in [0.717, 1.165) is 41.5 Å². The number of nitrogens with zero attached hydrogens (tertiary/aromatic N) is 4. The fourth-order valence-electron chi connectivity index (χ4n) is 3.22. The molecule has 0 atom stereocenters. The summed E-state index contributed by atoms with van der Waals surface area (Å²) in [5, 5.41) is 8.77.